The number of imidazole rings is 1. The molecule has 144 valence electrons. The number of aromatic nitrogens is 3. The number of aryl methyl sites for hydroxylation is 1. The van der Waals surface area contributed by atoms with Gasteiger partial charge in [0.1, 0.15) is 0 Å². The van der Waals surface area contributed by atoms with Crippen LogP contribution in [0.2, 0.25) is 0 Å². The lowest BCUT2D eigenvalue weighted by molar-refractivity contribution is -0.123. The Bertz CT molecular complexity index is 1040. The van der Waals surface area contributed by atoms with E-state index in [1.807, 2.05) is 34.8 Å². The minimum absolute atomic E-state index is 0.0233. The van der Waals surface area contributed by atoms with Crippen LogP contribution in [0.15, 0.2) is 48.7 Å². The summed E-state index contributed by atoms with van der Waals surface area (Å²) in [6, 6.07) is 0.458. The van der Waals surface area contributed by atoms with E-state index in [1.165, 1.54) is 0 Å². The van der Waals surface area contributed by atoms with E-state index in [0.29, 0.717) is 14.6 Å². The molecule has 8 heteroatoms. The molecule has 0 aromatic carbocycles. The van der Waals surface area contributed by atoms with Crippen molar-refractivity contribution < 1.29 is 4.79 Å². The molecule has 7 nitrogen and oxygen atoms in total. The minimum atomic E-state index is 0.0233. The summed E-state index contributed by atoms with van der Waals surface area (Å²) in [6.07, 6.45) is 13.8. The number of hydrogen-bond acceptors (Lipinski definition) is 5. The number of carbonyl (C=O) groups is 1. The van der Waals surface area contributed by atoms with Crippen molar-refractivity contribution in [3.8, 4) is 0 Å². The van der Waals surface area contributed by atoms with E-state index >= 15 is 0 Å². The van der Waals surface area contributed by atoms with Crippen molar-refractivity contribution in [2.24, 2.45) is 0 Å². The second-order valence-corrected chi connectivity index (χ2v) is 8.95. The fraction of sp³-hybridized carbons (Fsp3) is 0.350. The summed E-state index contributed by atoms with van der Waals surface area (Å²) in [5.41, 5.74) is 3.72. The Morgan fingerprint density at radius 3 is 3.07 bits per heavy atom. The molecule has 0 spiro atoms. The van der Waals surface area contributed by atoms with Gasteiger partial charge in [-0.3, -0.25) is 9.78 Å². The maximum absolute atomic E-state index is 12.9. The van der Waals surface area contributed by atoms with Gasteiger partial charge >= 0.3 is 0 Å². The first-order valence-electron chi connectivity index (χ1n) is 9.57. The fourth-order valence-corrected chi connectivity index (χ4v) is 5.23. The predicted molar refractivity (Wildman–Crippen MR) is 111 cm³/mol. The lowest BCUT2D eigenvalue weighted by Gasteiger charge is -2.39. The van der Waals surface area contributed by atoms with Gasteiger partial charge in [0, 0.05) is 55.7 Å². The largest absolute Gasteiger partial charge is 0.368 e. The SMILES string of the molecule is Cc1cn2cc(C3=CC(=O)N4C=C(N5CCN[C@@H](C)C5)C=CC4P3)nc2cn1. The van der Waals surface area contributed by atoms with Gasteiger partial charge in [0.15, 0.2) is 5.65 Å². The van der Waals surface area contributed by atoms with Crippen LogP contribution < -0.4 is 5.32 Å². The molecular weight excluding hydrogens is 371 g/mol. The molecular formula is C20H23N6OP. The molecule has 2 aromatic heterocycles. The topological polar surface area (TPSA) is 65.8 Å². The van der Waals surface area contributed by atoms with Gasteiger partial charge in [0.2, 0.25) is 0 Å². The quantitative estimate of drug-likeness (QED) is 0.789. The average molecular weight is 394 g/mol. The van der Waals surface area contributed by atoms with Gasteiger partial charge in [-0.1, -0.05) is 14.7 Å². The third-order valence-corrected chi connectivity index (χ3v) is 6.80. The van der Waals surface area contributed by atoms with Crippen molar-refractivity contribution in [1.82, 2.24) is 29.5 Å². The van der Waals surface area contributed by atoms with Crippen LogP contribution in [0.3, 0.4) is 0 Å². The number of fused-ring (bicyclic) bond motifs is 2. The maximum atomic E-state index is 12.9. The molecule has 0 radical (unpaired) electrons. The van der Waals surface area contributed by atoms with Gasteiger partial charge in [-0.05, 0) is 19.9 Å². The summed E-state index contributed by atoms with van der Waals surface area (Å²) in [7, 11) is 0.469. The summed E-state index contributed by atoms with van der Waals surface area (Å²) in [5, 5.41) is 4.46. The number of nitrogens with zero attached hydrogens (tertiary/aromatic N) is 5. The standard InChI is InChI=1S/C20H23N6OP/c1-13-9-24(6-5-21-13)15-3-4-20-26(11-15)19(27)7-17(28-20)16-12-25-10-14(2)22-8-18(25)23-16/h3-4,7-8,10-13,20-21,28H,5-6,9H2,1-2H3/t13-,20?/m0/s1. The van der Waals surface area contributed by atoms with Crippen molar-refractivity contribution in [1.29, 1.82) is 0 Å². The van der Waals surface area contributed by atoms with Crippen molar-refractivity contribution in [2.45, 2.75) is 25.7 Å². The number of allylic oxidation sites excluding steroid dienone is 1. The number of nitrogens with one attached hydrogen (secondary N) is 1. The van der Waals surface area contributed by atoms with Crippen LogP contribution in [0, 0.1) is 6.92 Å². The number of piperazine rings is 1. The monoisotopic (exact) mass is 394 g/mol. The number of carbonyl (C=O) groups excluding carboxylic acids is 1. The van der Waals surface area contributed by atoms with Crippen molar-refractivity contribution in [3.63, 3.8) is 0 Å². The third-order valence-electron chi connectivity index (χ3n) is 5.33. The van der Waals surface area contributed by atoms with E-state index in [0.717, 1.165) is 47.7 Å². The highest BCUT2D eigenvalue weighted by atomic mass is 31.1. The summed E-state index contributed by atoms with van der Waals surface area (Å²) < 4.78 is 1.97. The van der Waals surface area contributed by atoms with Gasteiger partial charge in [-0.25, -0.2) is 4.98 Å². The summed E-state index contributed by atoms with van der Waals surface area (Å²) in [5.74, 6) is 0.0939. The minimum Gasteiger partial charge on any atom is -0.368 e. The zero-order valence-electron chi connectivity index (χ0n) is 16.0. The van der Waals surface area contributed by atoms with E-state index in [9.17, 15) is 4.79 Å². The molecule has 0 saturated carbocycles. The molecule has 3 aliphatic heterocycles. The van der Waals surface area contributed by atoms with Gasteiger partial charge < -0.3 is 19.5 Å². The van der Waals surface area contributed by atoms with Gasteiger partial charge in [0.25, 0.3) is 5.91 Å². The molecule has 2 aromatic rings. The third kappa shape index (κ3) is 3.15. The molecule has 1 saturated heterocycles. The highest BCUT2D eigenvalue weighted by Gasteiger charge is 2.30. The van der Waals surface area contributed by atoms with E-state index in [4.69, 9.17) is 0 Å². The normalized spacial score (nSPS) is 25.9. The van der Waals surface area contributed by atoms with Crippen LogP contribution in [-0.2, 0) is 4.79 Å². The Kier molecular flexibility index (Phi) is 4.29. The highest BCUT2D eigenvalue weighted by Crippen LogP contribution is 2.44. The van der Waals surface area contributed by atoms with E-state index in [1.54, 1.807) is 12.3 Å². The van der Waals surface area contributed by atoms with Gasteiger partial charge in [-0.15, -0.1) is 0 Å². The first-order valence-corrected chi connectivity index (χ1v) is 10.7. The lowest BCUT2D eigenvalue weighted by atomic mass is 10.2. The highest BCUT2D eigenvalue weighted by molar-refractivity contribution is 7.51. The first-order chi connectivity index (χ1) is 13.6. The Hall–Kier alpha value is -2.50. The molecule has 2 unspecified atom stereocenters. The van der Waals surface area contributed by atoms with E-state index in [-0.39, 0.29) is 11.7 Å². The summed E-state index contributed by atoms with van der Waals surface area (Å²) >= 11 is 0. The lowest BCUT2D eigenvalue weighted by Crippen LogP contribution is -2.49. The number of rotatable bonds is 2. The second-order valence-electron chi connectivity index (χ2n) is 7.53. The van der Waals surface area contributed by atoms with Gasteiger partial charge in [0.05, 0.1) is 29.1 Å². The Morgan fingerprint density at radius 2 is 2.21 bits per heavy atom. The van der Waals surface area contributed by atoms with Crippen molar-refractivity contribution in [2.75, 3.05) is 19.6 Å². The second kappa shape index (κ2) is 6.83. The molecule has 5 rings (SSSR count). The first kappa shape index (κ1) is 17.6. The Balaban J connectivity index is 1.41. The molecule has 3 atom stereocenters. The molecule has 3 aliphatic rings. The van der Waals surface area contributed by atoms with Crippen LogP contribution in [0.25, 0.3) is 11.0 Å². The maximum Gasteiger partial charge on any atom is 0.252 e. The predicted octanol–water partition coefficient (Wildman–Crippen LogP) is 1.93. The zero-order chi connectivity index (χ0) is 19.3. The van der Waals surface area contributed by atoms with Gasteiger partial charge in [-0.2, -0.15) is 0 Å². The molecule has 0 bridgehead atoms. The van der Waals surface area contributed by atoms with Crippen molar-refractivity contribution >= 4 is 25.4 Å². The van der Waals surface area contributed by atoms with Crippen LogP contribution in [-0.4, -0.2) is 61.5 Å². The van der Waals surface area contributed by atoms with Crippen molar-refractivity contribution in [3.05, 3.63) is 60.1 Å². The zero-order valence-corrected chi connectivity index (χ0v) is 17.0. The number of hydrogen-bond donors (Lipinski definition) is 1. The van der Waals surface area contributed by atoms with E-state index < -0.39 is 0 Å². The Morgan fingerprint density at radius 1 is 1.32 bits per heavy atom. The average Bonchev–Trinajstić information content (AvgIpc) is 3.11. The Labute approximate surface area is 165 Å². The van der Waals surface area contributed by atoms with Crippen LogP contribution >= 0.6 is 8.58 Å². The molecule has 5 heterocycles. The molecule has 0 aliphatic carbocycles. The molecule has 1 amide bonds. The van der Waals surface area contributed by atoms with Crippen LogP contribution in [0.1, 0.15) is 18.3 Å². The molecule has 1 N–H and O–H groups in total. The molecule has 28 heavy (non-hydrogen) atoms. The summed E-state index contributed by atoms with van der Waals surface area (Å²) in [4.78, 5) is 26.0. The number of amides is 1. The summed E-state index contributed by atoms with van der Waals surface area (Å²) in [6.45, 7) is 7.04. The van der Waals surface area contributed by atoms with Crippen LogP contribution in [0.4, 0.5) is 0 Å². The fourth-order valence-electron chi connectivity index (χ4n) is 3.90. The van der Waals surface area contributed by atoms with Crippen LogP contribution in [0.5, 0.6) is 0 Å². The molecule has 1 fully saturated rings. The smallest absolute Gasteiger partial charge is 0.252 e. The van der Waals surface area contributed by atoms with E-state index in [2.05, 4.69) is 39.3 Å².